The van der Waals surface area contributed by atoms with E-state index in [4.69, 9.17) is 5.73 Å². The monoisotopic (exact) mass is 164 g/mol. The largest absolute Gasteiger partial charge is 0.320 e. The van der Waals surface area contributed by atoms with Crippen molar-refractivity contribution in [2.45, 2.75) is 18.4 Å². The molecule has 2 N–H and O–H groups in total. The van der Waals surface area contributed by atoms with Crippen LogP contribution in [0.5, 0.6) is 0 Å². The van der Waals surface area contributed by atoms with Crippen LogP contribution in [0.3, 0.4) is 0 Å². The molecule has 1 aromatic heterocycles. The van der Waals surface area contributed by atoms with Gasteiger partial charge in [0.2, 0.25) is 0 Å². The predicted molar refractivity (Wildman–Crippen MR) is 46.8 cm³/mol. The molecular weight excluding hydrogens is 152 g/mol. The van der Waals surface area contributed by atoms with E-state index in [2.05, 4.69) is 0 Å². The minimum atomic E-state index is -0.213. The Morgan fingerprint density at radius 3 is 2.75 bits per heavy atom. The number of pyridine rings is 1. The topological polar surface area (TPSA) is 48.0 Å². The van der Waals surface area contributed by atoms with Crippen molar-refractivity contribution in [1.82, 2.24) is 4.57 Å². The van der Waals surface area contributed by atoms with Gasteiger partial charge >= 0.3 is 0 Å². The van der Waals surface area contributed by atoms with Gasteiger partial charge in [-0.3, -0.25) is 4.79 Å². The number of hydrogen-bond donors (Lipinski definition) is 1. The summed E-state index contributed by atoms with van der Waals surface area (Å²) in [5.41, 5.74) is 6.74. The molecule has 0 amide bonds. The van der Waals surface area contributed by atoms with E-state index >= 15 is 0 Å². The summed E-state index contributed by atoms with van der Waals surface area (Å²) in [7, 11) is 1.77. The molecule has 0 radical (unpaired) electrons. The van der Waals surface area contributed by atoms with Crippen LogP contribution in [0, 0.1) is 0 Å². The van der Waals surface area contributed by atoms with Crippen molar-refractivity contribution in [2.24, 2.45) is 12.8 Å². The van der Waals surface area contributed by atoms with Gasteiger partial charge in [-0.15, -0.1) is 0 Å². The second-order valence-electron chi connectivity index (χ2n) is 3.46. The first-order valence-electron chi connectivity index (χ1n) is 4.09. The molecule has 1 fully saturated rings. The SMILES string of the molecule is Cn1c(C2(N)CC2)cccc1=O. The summed E-state index contributed by atoms with van der Waals surface area (Å²) in [5, 5.41) is 0. The van der Waals surface area contributed by atoms with Crippen molar-refractivity contribution in [3.05, 3.63) is 34.2 Å². The molecule has 0 aromatic carbocycles. The molecule has 12 heavy (non-hydrogen) atoms. The van der Waals surface area contributed by atoms with E-state index in [1.807, 2.05) is 6.07 Å². The number of rotatable bonds is 1. The molecule has 0 spiro atoms. The highest BCUT2D eigenvalue weighted by Gasteiger charge is 2.41. The van der Waals surface area contributed by atoms with E-state index in [-0.39, 0.29) is 11.1 Å². The highest BCUT2D eigenvalue weighted by Crippen LogP contribution is 2.41. The van der Waals surface area contributed by atoms with Crippen LogP contribution in [-0.4, -0.2) is 4.57 Å². The molecule has 0 atom stereocenters. The van der Waals surface area contributed by atoms with Gasteiger partial charge in [0, 0.05) is 18.8 Å². The van der Waals surface area contributed by atoms with Crippen molar-refractivity contribution in [2.75, 3.05) is 0 Å². The summed E-state index contributed by atoms with van der Waals surface area (Å²) in [5.74, 6) is 0. The molecule has 1 heterocycles. The Morgan fingerprint density at radius 2 is 2.17 bits per heavy atom. The number of hydrogen-bond acceptors (Lipinski definition) is 2. The fraction of sp³-hybridized carbons (Fsp3) is 0.444. The third-order valence-electron chi connectivity index (χ3n) is 2.48. The van der Waals surface area contributed by atoms with Gasteiger partial charge in [-0.2, -0.15) is 0 Å². The van der Waals surface area contributed by atoms with Crippen LogP contribution in [0.25, 0.3) is 0 Å². The lowest BCUT2D eigenvalue weighted by Crippen LogP contribution is -2.29. The molecule has 2 rings (SSSR count). The van der Waals surface area contributed by atoms with Crippen molar-refractivity contribution < 1.29 is 0 Å². The standard InChI is InChI=1S/C9H12N2O/c1-11-7(9(10)5-6-9)3-2-4-8(11)12/h2-4H,5-6,10H2,1H3. The van der Waals surface area contributed by atoms with E-state index in [0.717, 1.165) is 18.5 Å². The van der Waals surface area contributed by atoms with Crippen molar-refractivity contribution in [3.8, 4) is 0 Å². The Balaban J connectivity index is 2.58. The lowest BCUT2D eigenvalue weighted by Gasteiger charge is -2.12. The first-order valence-corrected chi connectivity index (χ1v) is 4.09. The summed E-state index contributed by atoms with van der Waals surface area (Å²) in [6.45, 7) is 0. The maximum absolute atomic E-state index is 11.2. The molecule has 64 valence electrons. The fourth-order valence-electron chi connectivity index (χ4n) is 1.45. The lowest BCUT2D eigenvalue weighted by atomic mass is 10.1. The third kappa shape index (κ3) is 0.975. The zero-order valence-electron chi connectivity index (χ0n) is 7.08. The minimum absolute atomic E-state index is 0.0178. The van der Waals surface area contributed by atoms with Gasteiger partial charge in [0.1, 0.15) is 0 Å². The van der Waals surface area contributed by atoms with Gasteiger partial charge < -0.3 is 10.3 Å². The summed E-state index contributed by atoms with van der Waals surface area (Å²) in [4.78, 5) is 11.2. The van der Waals surface area contributed by atoms with E-state index in [1.54, 1.807) is 23.7 Å². The van der Waals surface area contributed by atoms with Crippen LogP contribution >= 0.6 is 0 Å². The van der Waals surface area contributed by atoms with Gasteiger partial charge in [-0.25, -0.2) is 0 Å². The van der Waals surface area contributed by atoms with Crippen molar-refractivity contribution in [1.29, 1.82) is 0 Å². The Kier molecular flexibility index (Phi) is 1.38. The number of nitrogens with zero attached hydrogens (tertiary/aromatic N) is 1. The predicted octanol–water partition coefficient (Wildman–Crippen LogP) is 0.333. The second-order valence-corrected chi connectivity index (χ2v) is 3.46. The van der Waals surface area contributed by atoms with E-state index in [9.17, 15) is 4.79 Å². The van der Waals surface area contributed by atoms with Crippen LogP contribution < -0.4 is 11.3 Å². The van der Waals surface area contributed by atoms with Crippen molar-refractivity contribution in [3.63, 3.8) is 0 Å². The quantitative estimate of drug-likeness (QED) is 0.650. The normalized spacial score (nSPS) is 19.2. The smallest absolute Gasteiger partial charge is 0.250 e. The van der Waals surface area contributed by atoms with Crippen molar-refractivity contribution >= 4 is 0 Å². The minimum Gasteiger partial charge on any atom is -0.320 e. The Labute approximate surface area is 70.8 Å². The Bertz CT molecular complexity index is 363. The summed E-state index contributed by atoms with van der Waals surface area (Å²) < 4.78 is 1.63. The van der Waals surface area contributed by atoms with Crippen LogP contribution in [0.15, 0.2) is 23.0 Å². The molecular formula is C9H12N2O. The van der Waals surface area contributed by atoms with Crippen LogP contribution in [-0.2, 0) is 12.6 Å². The van der Waals surface area contributed by atoms with Crippen LogP contribution in [0.4, 0.5) is 0 Å². The van der Waals surface area contributed by atoms with E-state index in [0.29, 0.717) is 0 Å². The third-order valence-corrected chi connectivity index (χ3v) is 2.48. The van der Waals surface area contributed by atoms with Gasteiger partial charge in [-0.1, -0.05) is 6.07 Å². The van der Waals surface area contributed by atoms with Gasteiger partial charge in [-0.05, 0) is 18.9 Å². The molecule has 1 saturated carbocycles. The molecule has 1 aliphatic carbocycles. The zero-order chi connectivity index (χ0) is 8.77. The summed E-state index contributed by atoms with van der Waals surface area (Å²) in [6, 6.07) is 5.24. The zero-order valence-corrected chi connectivity index (χ0v) is 7.08. The lowest BCUT2D eigenvalue weighted by molar-refractivity contribution is 0.636. The summed E-state index contributed by atoms with van der Waals surface area (Å²) >= 11 is 0. The Hall–Kier alpha value is -1.09. The molecule has 0 saturated heterocycles. The molecule has 3 heteroatoms. The Morgan fingerprint density at radius 1 is 1.50 bits per heavy atom. The number of nitrogens with two attached hydrogens (primary N) is 1. The molecule has 3 nitrogen and oxygen atoms in total. The average molecular weight is 164 g/mol. The van der Waals surface area contributed by atoms with Crippen LogP contribution in [0.2, 0.25) is 0 Å². The highest BCUT2D eigenvalue weighted by atomic mass is 16.1. The maximum atomic E-state index is 11.2. The highest BCUT2D eigenvalue weighted by molar-refractivity contribution is 5.22. The van der Waals surface area contributed by atoms with E-state index < -0.39 is 0 Å². The fourth-order valence-corrected chi connectivity index (χ4v) is 1.45. The van der Waals surface area contributed by atoms with Gasteiger partial charge in [0.15, 0.2) is 0 Å². The molecule has 0 aliphatic heterocycles. The average Bonchev–Trinajstić information content (AvgIpc) is 2.75. The number of aromatic nitrogens is 1. The van der Waals surface area contributed by atoms with Gasteiger partial charge in [0.05, 0.1) is 5.54 Å². The first-order chi connectivity index (χ1) is 5.63. The second kappa shape index (κ2) is 2.20. The molecule has 1 aromatic rings. The maximum Gasteiger partial charge on any atom is 0.250 e. The molecule has 0 unspecified atom stereocenters. The first kappa shape index (κ1) is 7.55. The van der Waals surface area contributed by atoms with Crippen LogP contribution in [0.1, 0.15) is 18.5 Å². The van der Waals surface area contributed by atoms with E-state index in [1.165, 1.54) is 0 Å². The summed E-state index contributed by atoms with van der Waals surface area (Å²) in [6.07, 6.45) is 1.98. The van der Waals surface area contributed by atoms with Gasteiger partial charge in [0.25, 0.3) is 5.56 Å². The molecule has 0 bridgehead atoms. The molecule has 1 aliphatic rings.